The van der Waals surface area contributed by atoms with E-state index in [1.807, 2.05) is 23.6 Å². The number of hydrogen-bond donors (Lipinski definition) is 1. The van der Waals surface area contributed by atoms with E-state index in [2.05, 4.69) is 11.9 Å². The third kappa shape index (κ3) is 3.69. The monoisotopic (exact) mass is 438 g/mol. The molecule has 6 nitrogen and oxygen atoms in total. The quantitative estimate of drug-likeness (QED) is 0.553. The smallest absolute Gasteiger partial charge is 0.258 e. The number of aromatic nitrogens is 1. The molecular weight excluding hydrogens is 420 g/mol. The number of benzene rings is 2. The molecule has 2 heterocycles. The number of para-hydroxylation sites is 1. The third-order valence-electron chi connectivity index (χ3n) is 4.71. The van der Waals surface area contributed by atoms with Crippen molar-refractivity contribution >= 4 is 51.3 Å². The number of halogens is 1. The van der Waals surface area contributed by atoms with E-state index in [-0.39, 0.29) is 11.8 Å². The van der Waals surface area contributed by atoms with Crippen LogP contribution in [0.1, 0.15) is 29.1 Å². The van der Waals surface area contributed by atoms with E-state index in [1.165, 1.54) is 23.2 Å². The Bertz CT molecular complexity index is 1130. The van der Waals surface area contributed by atoms with Gasteiger partial charge in [-0.15, -0.1) is 17.9 Å². The molecule has 0 fully saturated rings. The molecule has 2 aromatic carbocycles. The van der Waals surface area contributed by atoms with Crippen LogP contribution in [0.25, 0.3) is 0 Å². The average Bonchev–Trinajstić information content (AvgIpc) is 3.19. The summed E-state index contributed by atoms with van der Waals surface area (Å²) in [4.78, 5) is 33.3. The van der Waals surface area contributed by atoms with Gasteiger partial charge in [0.15, 0.2) is 5.13 Å². The van der Waals surface area contributed by atoms with Crippen LogP contribution in [0.5, 0.6) is 0 Å². The van der Waals surface area contributed by atoms with Gasteiger partial charge in [-0.3, -0.25) is 14.5 Å². The summed E-state index contributed by atoms with van der Waals surface area (Å²) < 4.78 is 0. The lowest BCUT2D eigenvalue weighted by Gasteiger charge is -2.36. The maximum atomic E-state index is 13.0. The zero-order valence-electron chi connectivity index (χ0n) is 16.2. The minimum Gasteiger partial charge on any atom is -0.359 e. The molecule has 4 rings (SSSR count). The molecule has 2 amide bonds. The topological polar surface area (TPSA) is 65.5 Å². The Morgan fingerprint density at radius 3 is 2.87 bits per heavy atom. The van der Waals surface area contributed by atoms with Gasteiger partial charge in [-0.1, -0.05) is 35.9 Å². The summed E-state index contributed by atoms with van der Waals surface area (Å²) >= 11 is 7.44. The van der Waals surface area contributed by atoms with Crippen LogP contribution < -0.4 is 10.2 Å². The Hall–Kier alpha value is -3.16. The molecule has 30 heavy (non-hydrogen) atoms. The minimum absolute atomic E-state index is 0.0953. The van der Waals surface area contributed by atoms with Crippen molar-refractivity contribution in [2.75, 3.05) is 16.8 Å². The van der Waals surface area contributed by atoms with E-state index >= 15 is 0 Å². The van der Waals surface area contributed by atoms with Crippen LogP contribution in [0.2, 0.25) is 5.02 Å². The highest BCUT2D eigenvalue weighted by Gasteiger charge is 2.34. The molecule has 152 valence electrons. The standard InChI is InChI=1S/C22H19ClN4O2S/c1-3-11-26-20(24-18-10-5-4-9-17(18)21(26)29)19-13-30-22(25-19)27(14(2)28)16-8-6-7-15(23)12-16/h3-10,12-13,20,24H,1,11H2,2H3/t20-/m1/s1. The predicted octanol–water partition coefficient (Wildman–Crippen LogP) is 5.23. The first-order chi connectivity index (χ1) is 14.5. The molecule has 8 heteroatoms. The van der Waals surface area contributed by atoms with E-state index in [0.29, 0.717) is 33.6 Å². The summed E-state index contributed by atoms with van der Waals surface area (Å²) in [6.07, 6.45) is 1.21. The summed E-state index contributed by atoms with van der Waals surface area (Å²) in [6, 6.07) is 14.4. The Kier molecular flexibility index (Phi) is 5.57. The molecule has 0 radical (unpaired) electrons. The highest BCUT2D eigenvalue weighted by molar-refractivity contribution is 7.14. The summed E-state index contributed by atoms with van der Waals surface area (Å²) in [7, 11) is 0. The summed E-state index contributed by atoms with van der Waals surface area (Å²) in [5.41, 5.74) is 2.64. The van der Waals surface area contributed by atoms with Gasteiger partial charge in [-0.2, -0.15) is 0 Å². The van der Waals surface area contributed by atoms with Crippen molar-refractivity contribution in [3.8, 4) is 0 Å². The van der Waals surface area contributed by atoms with Gasteiger partial charge in [0, 0.05) is 29.6 Å². The second kappa shape index (κ2) is 8.30. The Balaban J connectivity index is 1.72. The average molecular weight is 439 g/mol. The number of anilines is 3. The number of hydrogen-bond acceptors (Lipinski definition) is 5. The SMILES string of the molecule is C=CCN1C(=O)c2ccccc2N[C@H]1c1csc(N(C(C)=O)c2cccc(Cl)c2)n1. The fourth-order valence-corrected chi connectivity index (χ4v) is 4.49. The maximum Gasteiger partial charge on any atom is 0.258 e. The zero-order chi connectivity index (χ0) is 21.3. The van der Waals surface area contributed by atoms with Crippen molar-refractivity contribution < 1.29 is 9.59 Å². The van der Waals surface area contributed by atoms with Crippen LogP contribution in [0.4, 0.5) is 16.5 Å². The molecule has 1 aliphatic rings. The number of rotatable bonds is 5. The van der Waals surface area contributed by atoms with Crippen LogP contribution >= 0.6 is 22.9 Å². The van der Waals surface area contributed by atoms with Gasteiger partial charge < -0.3 is 10.2 Å². The molecule has 0 spiro atoms. The molecule has 0 bridgehead atoms. The van der Waals surface area contributed by atoms with Gasteiger partial charge in [0.05, 0.1) is 16.9 Å². The van der Waals surface area contributed by atoms with Crippen molar-refractivity contribution in [3.05, 3.63) is 82.8 Å². The lowest BCUT2D eigenvalue weighted by atomic mass is 10.1. The van der Waals surface area contributed by atoms with Gasteiger partial charge in [0.1, 0.15) is 6.17 Å². The lowest BCUT2D eigenvalue weighted by Crippen LogP contribution is -2.43. The van der Waals surface area contributed by atoms with Gasteiger partial charge in [-0.05, 0) is 30.3 Å². The van der Waals surface area contributed by atoms with Gasteiger partial charge in [0.2, 0.25) is 5.91 Å². The molecule has 0 aliphatic carbocycles. The molecule has 1 aromatic heterocycles. The number of nitrogens with one attached hydrogen (secondary N) is 1. The first-order valence-corrected chi connectivity index (χ1v) is 10.5. The summed E-state index contributed by atoms with van der Waals surface area (Å²) in [5, 5.41) is 6.28. The Morgan fingerprint density at radius 1 is 1.33 bits per heavy atom. The van der Waals surface area contributed by atoms with Crippen molar-refractivity contribution in [1.29, 1.82) is 0 Å². The van der Waals surface area contributed by atoms with Crippen LogP contribution in [0.15, 0.2) is 66.6 Å². The van der Waals surface area contributed by atoms with E-state index in [4.69, 9.17) is 16.6 Å². The zero-order valence-corrected chi connectivity index (χ0v) is 17.8. The van der Waals surface area contributed by atoms with Gasteiger partial charge in [0.25, 0.3) is 5.91 Å². The van der Waals surface area contributed by atoms with E-state index in [0.717, 1.165) is 5.69 Å². The Morgan fingerprint density at radius 2 is 2.13 bits per heavy atom. The highest BCUT2D eigenvalue weighted by Crippen LogP contribution is 2.36. The molecule has 0 unspecified atom stereocenters. The maximum absolute atomic E-state index is 13.0. The van der Waals surface area contributed by atoms with Gasteiger partial charge >= 0.3 is 0 Å². The number of carbonyl (C=O) groups excluding carboxylic acids is 2. The highest BCUT2D eigenvalue weighted by atomic mass is 35.5. The van der Waals surface area contributed by atoms with Crippen LogP contribution in [0, 0.1) is 0 Å². The van der Waals surface area contributed by atoms with Crippen molar-refractivity contribution in [1.82, 2.24) is 9.88 Å². The molecule has 0 saturated carbocycles. The molecule has 3 aromatic rings. The van der Waals surface area contributed by atoms with E-state index in [9.17, 15) is 9.59 Å². The predicted molar refractivity (Wildman–Crippen MR) is 120 cm³/mol. The molecule has 0 saturated heterocycles. The lowest BCUT2D eigenvalue weighted by molar-refractivity contribution is -0.115. The van der Waals surface area contributed by atoms with Crippen molar-refractivity contribution in [2.24, 2.45) is 0 Å². The number of nitrogens with zero attached hydrogens (tertiary/aromatic N) is 3. The number of carbonyl (C=O) groups is 2. The normalized spacial score (nSPS) is 15.3. The largest absolute Gasteiger partial charge is 0.359 e. The van der Waals surface area contributed by atoms with Crippen LogP contribution in [-0.4, -0.2) is 28.2 Å². The first kappa shape index (κ1) is 20.1. The summed E-state index contributed by atoms with van der Waals surface area (Å²) in [6.45, 7) is 5.61. The number of thiazole rings is 1. The second-order valence-corrected chi connectivity index (χ2v) is 8.00. The van der Waals surface area contributed by atoms with E-state index < -0.39 is 6.17 Å². The van der Waals surface area contributed by atoms with Crippen molar-refractivity contribution in [2.45, 2.75) is 13.1 Å². The molecule has 1 atom stereocenters. The second-order valence-electron chi connectivity index (χ2n) is 6.73. The fraction of sp³-hybridized carbons (Fsp3) is 0.136. The summed E-state index contributed by atoms with van der Waals surface area (Å²) in [5.74, 6) is -0.277. The van der Waals surface area contributed by atoms with Crippen LogP contribution in [-0.2, 0) is 4.79 Å². The molecular formula is C22H19ClN4O2S. The number of amides is 2. The van der Waals surface area contributed by atoms with Crippen LogP contribution in [0.3, 0.4) is 0 Å². The number of fused-ring (bicyclic) bond motifs is 1. The third-order valence-corrected chi connectivity index (χ3v) is 5.79. The van der Waals surface area contributed by atoms with Crippen molar-refractivity contribution in [3.63, 3.8) is 0 Å². The fourth-order valence-electron chi connectivity index (χ4n) is 3.40. The first-order valence-electron chi connectivity index (χ1n) is 9.28. The molecule has 1 aliphatic heterocycles. The van der Waals surface area contributed by atoms with E-state index in [1.54, 1.807) is 41.3 Å². The molecule has 1 N–H and O–H groups in total. The Labute approximate surface area is 183 Å². The van der Waals surface area contributed by atoms with Gasteiger partial charge in [-0.25, -0.2) is 4.98 Å². The minimum atomic E-state index is -0.469.